The van der Waals surface area contributed by atoms with Crippen molar-refractivity contribution in [3.8, 4) is 0 Å². The van der Waals surface area contributed by atoms with Crippen molar-refractivity contribution in [1.29, 1.82) is 0 Å². The van der Waals surface area contributed by atoms with E-state index in [4.69, 9.17) is 0 Å². The maximum absolute atomic E-state index is 3.61. The summed E-state index contributed by atoms with van der Waals surface area (Å²) in [6.45, 7) is 19.3. The van der Waals surface area contributed by atoms with Crippen molar-refractivity contribution >= 4 is 0 Å². The lowest BCUT2D eigenvalue weighted by Crippen LogP contribution is -2.38. The first-order chi connectivity index (χ1) is 9.50. The molecule has 1 rings (SSSR count). The van der Waals surface area contributed by atoms with Crippen LogP contribution in [0.15, 0.2) is 12.1 Å². The Bertz CT molecular complexity index is 440. The minimum atomic E-state index is 0.222. The molecule has 1 aromatic rings. The first-order valence-corrected chi connectivity index (χ1v) is 8.32. The third kappa shape index (κ3) is 6.65. The monoisotopic (exact) mass is 289 g/mol. The third-order valence-electron chi connectivity index (χ3n) is 4.35. The second-order valence-electron chi connectivity index (χ2n) is 8.47. The van der Waals surface area contributed by atoms with Gasteiger partial charge in [0.25, 0.3) is 0 Å². The molecule has 1 N–H and O–H groups in total. The van der Waals surface area contributed by atoms with Gasteiger partial charge in [-0.25, -0.2) is 0 Å². The molecule has 0 aromatic heterocycles. The van der Waals surface area contributed by atoms with E-state index in [0.717, 1.165) is 6.54 Å². The van der Waals surface area contributed by atoms with Crippen LogP contribution in [0.1, 0.15) is 69.7 Å². The fourth-order valence-corrected chi connectivity index (χ4v) is 2.97. The summed E-state index contributed by atoms with van der Waals surface area (Å²) in [5, 5.41) is 3.61. The molecule has 0 atom stereocenters. The van der Waals surface area contributed by atoms with Crippen molar-refractivity contribution in [3.05, 3.63) is 34.4 Å². The van der Waals surface area contributed by atoms with Crippen LogP contribution in [0.2, 0.25) is 0 Å². The van der Waals surface area contributed by atoms with Gasteiger partial charge in [-0.1, -0.05) is 31.5 Å². The molecule has 120 valence electrons. The van der Waals surface area contributed by atoms with Gasteiger partial charge in [0.05, 0.1) is 0 Å². The van der Waals surface area contributed by atoms with Crippen LogP contribution in [-0.4, -0.2) is 12.1 Å². The topological polar surface area (TPSA) is 12.0 Å². The highest BCUT2D eigenvalue weighted by Crippen LogP contribution is 2.29. The number of aryl methyl sites for hydroxylation is 3. The summed E-state index contributed by atoms with van der Waals surface area (Å²) in [6, 6.07) is 4.63. The summed E-state index contributed by atoms with van der Waals surface area (Å²) in [5.41, 5.74) is 6.45. The van der Waals surface area contributed by atoms with Crippen molar-refractivity contribution in [2.24, 2.45) is 5.41 Å². The van der Waals surface area contributed by atoms with Crippen LogP contribution in [-0.2, 0) is 6.42 Å². The van der Waals surface area contributed by atoms with Gasteiger partial charge in [-0.2, -0.15) is 0 Å². The van der Waals surface area contributed by atoms with Gasteiger partial charge in [-0.15, -0.1) is 0 Å². The Morgan fingerprint density at radius 1 is 0.857 bits per heavy atom. The zero-order valence-electron chi connectivity index (χ0n) is 15.5. The Labute approximate surface area is 132 Å². The van der Waals surface area contributed by atoms with Crippen molar-refractivity contribution in [1.82, 2.24) is 5.32 Å². The molecule has 0 saturated heterocycles. The molecule has 1 aromatic carbocycles. The van der Waals surface area contributed by atoms with Gasteiger partial charge < -0.3 is 5.32 Å². The molecular formula is C20H35N. The average molecular weight is 290 g/mol. The molecule has 0 fully saturated rings. The minimum Gasteiger partial charge on any atom is -0.312 e. The predicted molar refractivity (Wildman–Crippen MR) is 95.1 cm³/mol. The number of benzene rings is 1. The van der Waals surface area contributed by atoms with Gasteiger partial charge in [0.15, 0.2) is 0 Å². The first kappa shape index (κ1) is 18.2. The van der Waals surface area contributed by atoms with E-state index in [1.54, 1.807) is 5.56 Å². The highest BCUT2D eigenvalue weighted by atomic mass is 14.9. The normalized spacial score (nSPS) is 12.8. The van der Waals surface area contributed by atoms with Crippen LogP contribution in [0.5, 0.6) is 0 Å². The second-order valence-corrected chi connectivity index (χ2v) is 8.47. The van der Waals surface area contributed by atoms with Gasteiger partial charge >= 0.3 is 0 Å². The van der Waals surface area contributed by atoms with E-state index in [2.05, 4.69) is 72.8 Å². The smallest absolute Gasteiger partial charge is 0.00965 e. The quantitative estimate of drug-likeness (QED) is 0.744. The van der Waals surface area contributed by atoms with Crippen molar-refractivity contribution in [2.75, 3.05) is 6.54 Å². The van der Waals surface area contributed by atoms with Crippen LogP contribution < -0.4 is 5.32 Å². The van der Waals surface area contributed by atoms with E-state index in [1.165, 1.54) is 36.0 Å². The average Bonchev–Trinajstić information content (AvgIpc) is 2.24. The summed E-state index contributed by atoms with van der Waals surface area (Å²) in [7, 11) is 0. The fourth-order valence-electron chi connectivity index (χ4n) is 2.97. The lowest BCUT2D eigenvalue weighted by Gasteiger charge is -2.28. The SMILES string of the molecule is Cc1cc(C)c(CCC(C)(C)CCNC(C)(C)C)c(C)c1. The molecule has 0 unspecified atom stereocenters. The molecule has 0 amide bonds. The van der Waals surface area contributed by atoms with Crippen molar-refractivity contribution in [2.45, 2.75) is 80.2 Å². The summed E-state index contributed by atoms with van der Waals surface area (Å²) in [6.07, 6.45) is 3.68. The van der Waals surface area contributed by atoms with Gasteiger partial charge in [0.1, 0.15) is 0 Å². The van der Waals surface area contributed by atoms with Gasteiger partial charge in [-0.3, -0.25) is 0 Å². The summed E-state index contributed by atoms with van der Waals surface area (Å²) in [5.74, 6) is 0. The van der Waals surface area contributed by atoms with E-state index in [0.29, 0.717) is 5.41 Å². The second kappa shape index (κ2) is 6.96. The van der Waals surface area contributed by atoms with Crippen LogP contribution in [0.4, 0.5) is 0 Å². The molecule has 0 aliphatic heterocycles. The third-order valence-corrected chi connectivity index (χ3v) is 4.35. The molecular weight excluding hydrogens is 254 g/mol. The van der Waals surface area contributed by atoms with E-state index in [9.17, 15) is 0 Å². The molecule has 1 heteroatoms. The van der Waals surface area contributed by atoms with Gasteiger partial charge in [-0.05, 0) is 89.5 Å². The molecule has 0 bridgehead atoms. The highest BCUT2D eigenvalue weighted by Gasteiger charge is 2.19. The van der Waals surface area contributed by atoms with Crippen molar-refractivity contribution in [3.63, 3.8) is 0 Å². The van der Waals surface area contributed by atoms with Crippen LogP contribution >= 0.6 is 0 Å². The Kier molecular flexibility index (Phi) is 6.04. The minimum absolute atomic E-state index is 0.222. The molecule has 0 aliphatic rings. The fraction of sp³-hybridized carbons (Fsp3) is 0.700. The summed E-state index contributed by atoms with van der Waals surface area (Å²) >= 11 is 0. The Morgan fingerprint density at radius 3 is 1.86 bits per heavy atom. The Morgan fingerprint density at radius 2 is 1.38 bits per heavy atom. The molecule has 0 spiro atoms. The first-order valence-electron chi connectivity index (χ1n) is 8.32. The number of hydrogen-bond acceptors (Lipinski definition) is 1. The van der Waals surface area contributed by atoms with Crippen LogP contribution in [0, 0.1) is 26.2 Å². The maximum atomic E-state index is 3.61. The van der Waals surface area contributed by atoms with E-state index < -0.39 is 0 Å². The molecule has 1 nitrogen and oxygen atoms in total. The number of nitrogens with one attached hydrogen (secondary N) is 1. The molecule has 0 heterocycles. The predicted octanol–water partition coefficient (Wildman–Crippen LogP) is 5.35. The summed E-state index contributed by atoms with van der Waals surface area (Å²) < 4.78 is 0. The standard InChI is InChI=1S/C20H35N/c1-15-13-16(2)18(17(3)14-15)9-10-20(7,8)11-12-21-19(4,5)6/h13-14,21H,9-12H2,1-8H3. The Hall–Kier alpha value is -0.820. The van der Waals surface area contributed by atoms with Crippen molar-refractivity contribution < 1.29 is 0 Å². The molecule has 0 aliphatic carbocycles. The zero-order chi connectivity index (χ0) is 16.3. The summed E-state index contributed by atoms with van der Waals surface area (Å²) in [4.78, 5) is 0. The van der Waals surface area contributed by atoms with Gasteiger partial charge in [0.2, 0.25) is 0 Å². The maximum Gasteiger partial charge on any atom is 0.00965 e. The number of rotatable bonds is 6. The van der Waals surface area contributed by atoms with Crippen LogP contribution in [0.3, 0.4) is 0 Å². The highest BCUT2D eigenvalue weighted by molar-refractivity contribution is 5.37. The van der Waals surface area contributed by atoms with Crippen LogP contribution in [0.25, 0.3) is 0 Å². The lowest BCUT2D eigenvalue weighted by atomic mass is 9.81. The molecule has 0 radical (unpaired) electrons. The number of hydrogen-bond donors (Lipinski definition) is 1. The van der Waals surface area contributed by atoms with E-state index in [-0.39, 0.29) is 5.54 Å². The van der Waals surface area contributed by atoms with E-state index in [1.807, 2.05) is 0 Å². The Balaban J connectivity index is 2.57. The molecule has 0 saturated carbocycles. The van der Waals surface area contributed by atoms with E-state index >= 15 is 0 Å². The van der Waals surface area contributed by atoms with Gasteiger partial charge in [0, 0.05) is 5.54 Å². The zero-order valence-corrected chi connectivity index (χ0v) is 15.5. The largest absolute Gasteiger partial charge is 0.312 e. The molecule has 21 heavy (non-hydrogen) atoms. The lowest BCUT2D eigenvalue weighted by molar-refractivity contribution is 0.284.